The summed E-state index contributed by atoms with van der Waals surface area (Å²) in [6, 6.07) is 0.295. The van der Waals surface area contributed by atoms with E-state index in [1.807, 2.05) is 6.92 Å². The molecule has 1 aliphatic rings. The Kier molecular flexibility index (Phi) is 3.98. The summed E-state index contributed by atoms with van der Waals surface area (Å²) in [6.45, 7) is 2.07. The zero-order valence-electron chi connectivity index (χ0n) is 7.66. The molecule has 1 fully saturated rings. The van der Waals surface area contributed by atoms with Gasteiger partial charge in [-0.25, -0.2) is 0 Å². The summed E-state index contributed by atoms with van der Waals surface area (Å²) in [5.74, 6) is 0. The Morgan fingerprint density at radius 3 is 2.67 bits per heavy atom. The van der Waals surface area contributed by atoms with Crippen LogP contribution in [0.5, 0.6) is 0 Å². The van der Waals surface area contributed by atoms with Gasteiger partial charge in [0.2, 0.25) is 0 Å². The standard InChI is InChI=1S/C9H19NO2/c1-7(6-11)10-8-4-2-3-5-9(8)12/h7-12H,2-6H2,1H3/t7?,8-,9-/m0/s1. The third kappa shape index (κ3) is 2.73. The molecule has 3 nitrogen and oxygen atoms in total. The van der Waals surface area contributed by atoms with Gasteiger partial charge in [-0.05, 0) is 19.8 Å². The average molecular weight is 173 g/mol. The summed E-state index contributed by atoms with van der Waals surface area (Å²) in [5.41, 5.74) is 0. The van der Waals surface area contributed by atoms with Crippen LogP contribution in [0.15, 0.2) is 0 Å². The molecule has 0 aromatic rings. The number of aliphatic hydroxyl groups excluding tert-OH is 2. The Balaban J connectivity index is 2.28. The zero-order chi connectivity index (χ0) is 8.97. The molecule has 0 aliphatic heterocycles. The highest BCUT2D eigenvalue weighted by molar-refractivity contribution is 4.82. The van der Waals surface area contributed by atoms with Crippen molar-refractivity contribution in [2.75, 3.05) is 6.61 Å². The van der Waals surface area contributed by atoms with Crippen molar-refractivity contribution >= 4 is 0 Å². The van der Waals surface area contributed by atoms with Crippen molar-refractivity contribution in [3.63, 3.8) is 0 Å². The van der Waals surface area contributed by atoms with E-state index in [4.69, 9.17) is 5.11 Å². The van der Waals surface area contributed by atoms with E-state index < -0.39 is 0 Å². The third-order valence-electron chi connectivity index (χ3n) is 2.50. The fourth-order valence-electron chi connectivity index (χ4n) is 1.72. The molecule has 0 spiro atoms. The van der Waals surface area contributed by atoms with Crippen LogP contribution in [-0.2, 0) is 0 Å². The van der Waals surface area contributed by atoms with Gasteiger partial charge in [-0.1, -0.05) is 12.8 Å². The Labute approximate surface area is 73.8 Å². The van der Waals surface area contributed by atoms with Gasteiger partial charge < -0.3 is 15.5 Å². The van der Waals surface area contributed by atoms with Crippen LogP contribution >= 0.6 is 0 Å². The molecule has 12 heavy (non-hydrogen) atoms. The van der Waals surface area contributed by atoms with Crippen LogP contribution < -0.4 is 5.32 Å². The summed E-state index contributed by atoms with van der Waals surface area (Å²) in [5, 5.41) is 21.6. The van der Waals surface area contributed by atoms with Crippen LogP contribution in [0.25, 0.3) is 0 Å². The van der Waals surface area contributed by atoms with Gasteiger partial charge >= 0.3 is 0 Å². The molecule has 3 heteroatoms. The van der Waals surface area contributed by atoms with Gasteiger partial charge in [0.25, 0.3) is 0 Å². The van der Waals surface area contributed by atoms with Crippen LogP contribution in [0.2, 0.25) is 0 Å². The van der Waals surface area contributed by atoms with Crippen molar-refractivity contribution in [3.8, 4) is 0 Å². The lowest BCUT2D eigenvalue weighted by atomic mass is 9.92. The normalized spacial score (nSPS) is 33.2. The van der Waals surface area contributed by atoms with Gasteiger partial charge in [-0.2, -0.15) is 0 Å². The molecule has 1 rings (SSSR count). The number of nitrogens with one attached hydrogen (secondary N) is 1. The van der Waals surface area contributed by atoms with Gasteiger partial charge in [-0.3, -0.25) is 0 Å². The molecule has 3 N–H and O–H groups in total. The molecule has 0 aromatic carbocycles. The van der Waals surface area contributed by atoms with Crippen LogP contribution in [0.4, 0.5) is 0 Å². The summed E-state index contributed by atoms with van der Waals surface area (Å²) < 4.78 is 0. The second-order valence-electron chi connectivity index (χ2n) is 3.71. The molecule has 0 radical (unpaired) electrons. The van der Waals surface area contributed by atoms with Crippen LogP contribution in [0.1, 0.15) is 32.6 Å². The first-order valence-corrected chi connectivity index (χ1v) is 4.79. The molecule has 1 saturated carbocycles. The molecule has 0 heterocycles. The summed E-state index contributed by atoms with van der Waals surface area (Å²) >= 11 is 0. The highest BCUT2D eigenvalue weighted by atomic mass is 16.3. The highest BCUT2D eigenvalue weighted by Gasteiger charge is 2.23. The lowest BCUT2D eigenvalue weighted by molar-refractivity contribution is 0.0803. The maximum absolute atomic E-state index is 9.57. The molecular formula is C9H19NO2. The number of hydrogen-bond acceptors (Lipinski definition) is 3. The summed E-state index contributed by atoms with van der Waals surface area (Å²) in [6.07, 6.45) is 4.04. The molecule has 1 unspecified atom stereocenters. The molecule has 0 aromatic heterocycles. The van der Waals surface area contributed by atoms with E-state index in [0.717, 1.165) is 19.3 Å². The van der Waals surface area contributed by atoms with E-state index >= 15 is 0 Å². The molecule has 0 bridgehead atoms. The third-order valence-corrected chi connectivity index (χ3v) is 2.50. The fourth-order valence-corrected chi connectivity index (χ4v) is 1.72. The molecule has 0 amide bonds. The minimum absolute atomic E-state index is 0.0998. The first-order valence-electron chi connectivity index (χ1n) is 4.79. The lowest BCUT2D eigenvalue weighted by Crippen LogP contribution is -2.47. The second-order valence-corrected chi connectivity index (χ2v) is 3.71. The van der Waals surface area contributed by atoms with Gasteiger partial charge in [0.1, 0.15) is 0 Å². The van der Waals surface area contributed by atoms with Crippen molar-refractivity contribution in [2.45, 2.75) is 50.8 Å². The predicted octanol–water partition coefficient (Wildman–Crippen LogP) is 0.260. The van der Waals surface area contributed by atoms with E-state index in [2.05, 4.69) is 5.32 Å². The van der Waals surface area contributed by atoms with Gasteiger partial charge in [0.05, 0.1) is 12.7 Å². The Bertz CT molecular complexity index is 130. The van der Waals surface area contributed by atoms with Crippen LogP contribution in [0, 0.1) is 0 Å². The summed E-state index contributed by atoms with van der Waals surface area (Å²) in [7, 11) is 0. The largest absolute Gasteiger partial charge is 0.395 e. The molecule has 3 atom stereocenters. The highest BCUT2D eigenvalue weighted by Crippen LogP contribution is 2.18. The van der Waals surface area contributed by atoms with E-state index in [0.29, 0.717) is 0 Å². The van der Waals surface area contributed by atoms with Crippen LogP contribution in [-0.4, -0.2) is 35.0 Å². The minimum Gasteiger partial charge on any atom is -0.395 e. The monoisotopic (exact) mass is 173 g/mol. The fraction of sp³-hybridized carbons (Fsp3) is 1.00. The SMILES string of the molecule is CC(CO)N[C@H]1CCCC[C@@H]1O. The Morgan fingerprint density at radius 1 is 1.42 bits per heavy atom. The first kappa shape index (κ1) is 9.96. The van der Waals surface area contributed by atoms with Crippen molar-refractivity contribution in [2.24, 2.45) is 0 Å². The van der Waals surface area contributed by atoms with Gasteiger partial charge in [0, 0.05) is 12.1 Å². The number of rotatable bonds is 3. The smallest absolute Gasteiger partial charge is 0.0693 e. The summed E-state index contributed by atoms with van der Waals surface area (Å²) in [4.78, 5) is 0. The Morgan fingerprint density at radius 2 is 2.08 bits per heavy atom. The second kappa shape index (κ2) is 4.80. The topological polar surface area (TPSA) is 52.5 Å². The molecule has 0 saturated heterocycles. The van der Waals surface area contributed by atoms with Crippen molar-refractivity contribution in [1.29, 1.82) is 0 Å². The van der Waals surface area contributed by atoms with E-state index in [-0.39, 0.29) is 24.8 Å². The maximum Gasteiger partial charge on any atom is 0.0693 e. The average Bonchev–Trinajstić information content (AvgIpc) is 2.09. The maximum atomic E-state index is 9.57. The molecule has 1 aliphatic carbocycles. The van der Waals surface area contributed by atoms with E-state index in [1.165, 1.54) is 6.42 Å². The van der Waals surface area contributed by atoms with E-state index in [9.17, 15) is 5.11 Å². The van der Waals surface area contributed by atoms with E-state index in [1.54, 1.807) is 0 Å². The number of aliphatic hydroxyl groups is 2. The zero-order valence-corrected chi connectivity index (χ0v) is 7.66. The van der Waals surface area contributed by atoms with Crippen molar-refractivity contribution < 1.29 is 10.2 Å². The van der Waals surface area contributed by atoms with Crippen molar-refractivity contribution in [1.82, 2.24) is 5.32 Å². The van der Waals surface area contributed by atoms with Crippen molar-refractivity contribution in [3.05, 3.63) is 0 Å². The predicted molar refractivity (Wildman–Crippen MR) is 47.9 cm³/mol. The quantitative estimate of drug-likeness (QED) is 0.574. The Hall–Kier alpha value is -0.120. The number of hydrogen-bond donors (Lipinski definition) is 3. The molecule has 72 valence electrons. The minimum atomic E-state index is -0.215. The van der Waals surface area contributed by atoms with Crippen LogP contribution in [0.3, 0.4) is 0 Å². The first-order chi connectivity index (χ1) is 5.74. The molecular weight excluding hydrogens is 154 g/mol. The lowest BCUT2D eigenvalue weighted by Gasteiger charge is -2.30. The van der Waals surface area contributed by atoms with Gasteiger partial charge in [0.15, 0.2) is 0 Å². The van der Waals surface area contributed by atoms with Gasteiger partial charge in [-0.15, -0.1) is 0 Å².